The maximum absolute atomic E-state index is 12.1. The number of ether oxygens (including phenoxy) is 2. The number of aromatic nitrogens is 3. The van der Waals surface area contributed by atoms with E-state index in [0.29, 0.717) is 43.2 Å². The molecule has 0 aliphatic rings. The number of nitrogens with one attached hydrogen (secondary N) is 1. The summed E-state index contributed by atoms with van der Waals surface area (Å²) in [4.78, 5) is 20.4. The van der Waals surface area contributed by atoms with Crippen molar-refractivity contribution in [1.82, 2.24) is 14.5 Å². The van der Waals surface area contributed by atoms with Gasteiger partial charge in [-0.15, -0.1) is 0 Å². The van der Waals surface area contributed by atoms with Gasteiger partial charge in [-0.05, 0) is 37.6 Å². The number of anilines is 1. The lowest BCUT2D eigenvalue weighted by molar-refractivity contribution is -0.116. The SMILES string of the molecule is CCOc1ccccc1OCCCC(=O)Nc1ccc(-n2ccnc2)nc1. The first-order valence-electron chi connectivity index (χ1n) is 8.85. The van der Waals surface area contributed by atoms with E-state index >= 15 is 0 Å². The number of hydrogen-bond donors (Lipinski definition) is 1. The topological polar surface area (TPSA) is 78.3 Å². The van der Waals surface area contributed by atoms with Gasteiger partial charge in [0, 0.05) is 18.8 Å². The Labute approximate surface area is 158 Å². The molecule has 0 saturated carbocycles. The first kappa shape index (κ1) is 18.4. The zero-order valence-electron chi connectivity index (χ0n) is 15.2. The fourth-order valence-electron chi connectivity index (χ4n) is 2.49. The van der Waals surface area contributed by atoms with Crippen LogP contribution in [0.25, 0.3) is 5.82 Å². The molecule has 7 heteroatoms. The second kappa shape index (κ2) is 9.38. The van der Waals surface area contributed by atoms with Crippen LogP contribution in [-0.2, 0) is 4.79 Å². The normalized spacial score (nSPS) is 10.4. The second-order valence-electron chi connectivity index (χ2n) is 5.75. The minimum atomic E-state index is -0.0751. The van der Waals surface area contributed by atoms with E-state index in [2.05, 4.69) is 15.3 Å². The minimum absolute atomic E-state index is 0.0751. The molecule has 2 heterocycles. The van der Waals surface area contributed by atoms with Gasteiger partial charge in [-0.3, -0.25) is 9.36 Å². The van der Waals surface area contributed by atoms with E-state index in [4.69, 9.17) is 9.47 Å². The van der Waals surface area contributed by atoms with Gasteiger partial charge in [0.25, 0.3) is 0 Å². The van der Waals surface area contributed by atoms with Crippen molar-refractivity contribution < 1.29 is 14.3 Å². The number of para-hydroxylation sites is 2. The summed E-state index contributed by atoms with van der Waals surface area (Å²) in [5.41, 5.74) is 0.659. The number of carbonyl (C=O) groups excluding carboxylic acids is 1. The van der Waals surface area contributed by atoms with E-state index in [1.807, 2.05) is 49.5 Å². The number of carbonyl (C=O) groups is 1. The Hall–Kier alpha value is -3.35. The predicted molar refractivity (Wildman–Crippen MR) is 102 cm³/mol. The highest BCUT2D eigenvalue weighted by Gasteiger charge is 2.06. The highest BCUT2D eigenvalue weighted by atomic mass is 16.5. The van der Waals surface area contributed by atoms with Crippen molar-refractivity contribution in [1.29, 1.82) is 0 Å². The standard InChI is InChI=1S/C20H22N4O3/c1-2-26-17-6-3-4-7-18(17)27-13-5-8-20(25)23-16-9-10-19(22-14-16)24-12-11-21-15-24/h3-4,6-7,9-12,14-15H,2,5,8,13H2,1H3,(H,23,25). The molecule has 0 bridgehead atoms. The monoisotopic (exact) mass is 366 g/mol. The number of nitrogens with zero attached hydrogens (tertiary/aromatic N) is 3. The van der Waals surface area contributed by atoms with Crippen LogP contribution in [0.4, 0.5) is 5.69 Å². The Morgan fingerprint density at radius 1 is 1.15 bits per heavy atom. The Morgan fingerprint density at radius 3 is 2.63 bits per heavy atom. The summed E-state index contributed by atoms with van der Waals surface area (Å²) >= 11 is 0. The van der Waals surface area contributed by atoms with Crippen molar-refractivity contribution in [2.75, 3.05) is 18.5 Å². The van der Waals surface area contributed by atoms with Gasteiger partial charge in [-0.25, -0.2) is 9.97 Å². The average Bonchev–Trinajstić information content (AvgIpc) is 3.22. The van der Waals surface area contributed by atoms with E-state index < -0.39 is 0 Å². The first-order chi connectivity index (χ1) is 13.3. The number of benzene rings is 1. The number of imidazole rings is 1. The molecule has 3 aromatic rings. The van der Waals surface area contributed by atoms with Gasteiger partial charge < -0.3 is 14.8 Å². The quantitative estimate of drug-likeness (QED) is 0.587. The number of rotatable bonds is 9. The van der Waals surface area contributed by atoms with Crippen LogP contribution in [0.15, 0.2) is 61.3 Å². The summed E-state index contributed by atoms with van der Waals surface area (Å²) in [5, 5.41) is 2.84. The van der Waals surface area contributed by atoms with E-state index in [9.17, 15) is 4.79 Å². The second-order valence-corrected chi connectivity index (χ2v) is 5.75. The average molecular weight is 366 g/mol. The molecule has 0 aliphatic heterocycles. The van der Waals surface area contributed by atoms with Crippen LogP contribution in [0.1, 0.15) is 19.8 Å². The van der Waals surface area contributed by atoms with Crippen LogP contribution >= 0.6 is 0 Å². The van der Waals surface area contributed by atoms with Crippen LogP contribution in [0.5, 0.6) is 11.5 Å². The molecular weight excluding hydrogens is 344 g/mol. The third-order valence-corrected chi connectivity index (χ3v) is 3.76. The van der Waals surface area contributed by atoms with E-state index in [0.717, 1.165) is 5.82 Å². The van der Waals surface area contributed by atoms with Gasteiger partial charge in [0.1, 0.15) is 12.1 Å². The zero-order chi connectivity index (χ0) is 18.9. The third kappa shape index (κ3) is 5.31. The molecular formula is C20H22N4O3. The molecule has 1 amide bonds. The molecule has 140 valence electrons. The van der Waals surface area contributed by atoms with E-state index in [1.165, 1.54) is 0 Å². The summed E-state index contributed by atoms with van der Waals surface area (Å²) < 4.78 is 13.0. The summed E-state index contributed by atoms with van der Waals surface area (Å²) in [6.45, 7) is 2.95. The lowest BCUT2D eigenvalue weighted by Crippen LogP contribution is -2.13. The Bertz CT molecular complexity index is 848. The highest BCUT2D eigenvalue weighted by molar-refractivity contribution is 5.90. The maximum Gasteiger partial charge on any atom is 0.224 e. The van der Waals surface area contributed by atoms with E-state index in [-0.39, 0.29) is 5.91 Å². The molecule has 1 aromatic carbocycles. The molecule has 27 heavy (non-hydrogen) atoms. The highest BCUT2D eigenvalue weighted by Crippen LogP contribution is 2.26. The van der Waals surface area contributed by atoms with Gasteiger partial charge >= 0.3 is 0 Å². The largest absolute Gasteiger partial charge is 0.490 e. The van der Waals surface area contributed by atoms with Crippen molar-refractivity contribution in [2.45, 2.75) is 19.8 Å². The van der Waals surface area contributed by atoms with Crippen molar-refractivity contribution >= 4 is 11.6 Å². The van der Waals surface area contributed by atoms with Crippen molar-refractivity contribution in [3.63, 3.8) is 0 Å². The summed E-state index contributed by atoms with van der Waals surface area (Å²) in [6, 6.07) is 11.2. The molecule has 0 fully saturated rings. The Morgan fingerprint density at radius 2 is 1.96 bits per heavy atom. The molecule has 0 unspecified atom stereocenters. The molecule has 2 aromatic heterocycles. The summed E-state index contributed by atoms with van der Waals surface area (Å²) in [7, 11) is 0. The van der Waals surface area contributed by atoms with Crippen LogP contribution in [0.2, 0.25) is 0 Å². The minimum Gasteiger partial charge on any atom is -0.490 e. The molecule has 7 nitrogen and oxygen atoms in total. The molecule has 0 spiro atoms. The summed E-state index contributed by atoms with van der Waals surface area (Å²) in [6.07, 6.45) is 7.76. The first-order valence-corrected chi connectivity index (χ1v) is 8.85. The Kier molecular flexibility index (Phi) is 6.40. The molecule has 3 rings (SSSR count). The van der Waals surface area contributed by atoms with Crippen molar-refractivity contribution in [3.05, 3.63) is 61.3 Å². The lowest BCUT2D eigenvalue weighted by Gasteiger charge is -2.11. The van der Waals surface area contributed by atoms with Gasteiger partial charge in [-0.2, -0.15) is 0 Å². The van der Waals surface area contributed by atoms with Gasteiger partial charge in [0.15, 0.2) is 11.5 Å². The third-order valence-electron chi connectivity index (χ3n) is 3.76. The fraction of sp³-hybridized carbons (Fsp3) is 0.250. The Balaban J connectivity index is 1.42. The van der Waals surface area contributed by atoms with Crippen molar-refractivity contribution in [2.24, 2.45) is 0 Å². The molecule has 0 atom stereocenters. The smallest absolute Gasteiger partial charge is 0.224 e. The fourth-order valence-corrected chi connectivity index (χ4v) is 2.49. The number of pyridine rings is 1. The zero-order valence-corrected chi connectivity index (χ0v) is 15.2. The van der Waals surface area contributed by atoms with Gasteiger partial charge in [0.2, 0.25) is 5.91 Å². The van der Waals surface area contributed by atoms with Crippen LogP contribution < -0.4 is 14.8 Å². The maximum atomic E-state index is 12.1. The van der Waals surface area contributed by atoms with Crippen LogP contribution in [0.3, 0.4) is 0 Å². The lowest BCUT2D eigenvalue weighted by atomic mass is 10.3. The molecule has 0 aliphatic carbocycles. The molecule has 1 N–H and O–H groups in total. The molecule has 0 saturated heterocycles. The van der Waals surface area contributed by atoms with Crippen LogP contribution in [-0.4, -0.2) is 33.7 Å². The number of amides is 1. The van der Waals surface area contributed by atoms with Crippen LogP contribution in [0, 0.1) is 0 Å². The summed E-state index contributed by atoms with van der Waals surface area (Å²) in [5.74, 6) is 2.08. The predicted octanol–water partition coefficient (Wildman–Crippen LogP) is 3.46. The van der Waals surface area contributed by atoms with E-state index in [1.54, 1.807) is 23.3 Å². The number of hydrogen-bond acceptors (Lipinski definition) is 5. The van der Waals surface area contributed by atoms with Crippen molar-refractivity contribution in [3.8, 4) is 17.3 Å². The van der Waals surface area contributed by atoms with Gasteiger partial charge in [0.05, 0.1) is 25.1 Å². The van der Waals surface area contributed by atoms with Gasteiger partial charge in [-0.1, -0.05) is 12.1 Å². The molecule has 0 radical (unpaired) electrons.